The number of carbonyl (C=O) groups is 3. The Hall–Kier alpha value is -8.13. The molecule has 24 heteroatoms. The lowest BCUT2D eigenvalue weighted by atomic mass is 9.87. The van der Waals surface area contributed by atoms with E-state index in [1.165, 1.54) is 14.2 Å². The summed E-state index contributed by atoms with van der Waals surface area (Å²) in [6, 6.07) is 53.0. The van der Waals surface area contributed by atoms with E-state index in [4.69, 9.17) is 71.1 Å². The van der Waals surface area contributed by atoms with Crippen molar-refractivity contribution in [1.29, 1.82) is 0 Å². The van der Waals surface area contributed by atoms with E-state index in [-0.39, 0.29) is 45.0 Å². The number of nitrogens with zero attached hydrogens (tertiary/aromatic N) is 6. The van der Waals surface area contributed by atoms with Gasteiger partial charge in [0, 0.05) is 9.82 Å². The molecule has 10 rings (SSSR count). The molecule has 0 saturated carbocycles. The van der Waals surface area contributed by atoms with E-state index in [9.17, 15) is 25.4 Å². The maximum atomic E-state index is 14.7. The molecule has 0 radical (unpaired) electrons. The molecular formula is C72H82N6O18. The molecule has 4 heterocycles. The Bertz CT molecular complexity index is 3470. The molecular weight excluding hydrogens is 1240 g/mol. The summed E-state index contributed by atoms with van der Waals surface area (Å²) < 4.78 is 99.5. The molecule has 4 fully saturated rings. The Labute approximate surface area is 557 Å². The fourth-order valence-corrected chi connectivity index (χ4v) is 12.5. The van der Waals surface area contributed by atoms with Crippen LogP contribution in [-0.2, 0) is 114 Å². The van der Waals surface area contributed by atoms with Gasteiger partial charge in [-0.15, -0.1) is 0 Å². The van der Waals surface area contributed by atoms with Crippen LogP contribution < -0.4 is 0 Å². The van der Waals surface area contributed by atoms with E-state index in [1.54, 1.807) is 44.2 Å². The van der Waals surface area contributed by atoms with Crippen LogP contribution in [-0.4, -0.2) is 149 Å². The second-order valence-corrected chi connectivity index (χ2v) is 23.7. The molecule has 0 aromatic heterocycles. The third-order valence-corrected chi connectivity index (χ3v) is 17.5. The lowest BCUT2D eigenvalue weighted by Crippen LogP contribution is -2.67. The van der Waals surface area contributed by atoms with Crippen molar-refractivity contribution < 1.29 is 85.4 Å². The first-order chi connectivity index (χ1) is 46.9. The summed E-state index contributed by atoms with van der Waals surface area (Å²) in [5, 5.41) is 8.59. The molecule has 4 saturated heterocycles. The molecule has 0 aliphatic carbocycles. The zero-order valence-corrected chi connectivity index (χ0v) is 54.3. The van der Waals surface area contributed by atoms with Crippen molar-refractivity contribution in [3.05, 3.63) is 236 Å². The zero-order valence-electron chi connectivity index (χ0n) is 54.3. The minimum atomic E-state index is -1.67. The summed E-state index contributed by atoms with van der Waals surface area (Å²) in [6.45, 7) is 7.38. The normalized spacial score (nSPS) is 30.4. The average molecular weight is 1320 g/mol. The van der Waals surface area contributed by atoms with Gasteiger partial charge in [-0.3, -0.25) is 0 Å². The summed E-state index contributed by atoms with van der Waals surface area (Å²) in [6.07, 6.45) is -20.2. The van der Waals surface area contributed by atoms with Gasteiger partial charge in [0.25, 0.3) is 0 Å². The van der Waals surface area contributed by atoms with E-state index < -0.39 is 140 Å². The van der Waals surface area contributed by atoms with Crippen LogP contribution in [0.25, 0.3) is 20.9 Å². The van der Waals surface area contributed by atoms with Crippen molar-refractivity contribution in [1.82, 2.24) is 0 Å². The van der Waals surface area contributed by atoms with Crippen molar-refractivity contribution in [3.63, 3.8) is 0 Å². The second kappa shape index (κ2) is 35.2. The fourth-order valence-electron chi connectivity index (χ4n) is 12.5. The first-order valence-electron chi connectivity index (χ1n) is 32.3. The van der Waals surface area contributed by atoms with E-state index >= 15 is 0 Å². The molecule has 96 heavy (non-hydrogen) atoms. The van der Waals surface area contributed by atoms with E-state index in [1.807, 2.05) is 166 Å². The smallest absolute Gasteiger partial charge is 0.338 e. The van der Waals surface area contributed by atoms with Crippen molar-refractivity contribution in [3.8, 4) is 0 Å². The number of hydrogen-bond acceptors (Lipinski definition) is 20. The molecule has 0 amide bonds. The van der Waals surface area contributed by atoms with Crippen LogP contribution in [0.4, 0.5) is 0 Å². The minimum absolute atomic E-state index is 0.0143. The van der Waals surface area contributed by atoms with Crippen LogP contribution in [0.1, 0.15) is 78.7 Å². The standard InChI is InChI=1S/C72H82N6O18/c1-7-52-56(44(3)54(75-77-73)70(90-52)94-62-60(86-41-48-31-19-11-20-32-48)57(45(4)89-64(62)68(80)82-5)92-67(79)51-37-25-14-26-38-51)93-72-66(88-43-50-35-23-13-24-36-50)61(87-42-49-33-21-12-22-34-49)63(65(96-72)69(81)83-6)95-71-55(76-78-74)59(85-40-47-29-17-10-18-30-47)58(53(8-2)91-71)84-39-46-27-15-9-16-28-46/h9-38,44-45,52-66,70-72H,7-8,39-43H2,1-6H3/t44?,45-,52?,53?,54+,55?,56+,57?,58+,59+,60+,61-,62-,63+,64?,65?,66?,70+,71-,72-/m1/s1. The molecule has 4 aliphatic rings. The molecule has 6 aromatic carbocycles. The molecule has 20 atom stereocenters. The number of carbonyl (C=O) groups excluding carboxylic acids is 3. The van der Waals surface area contributed by atoms with Gasteiger partial charge in [-0.25, -0.2) is 14.4 Å². The van der Waals surface area contributed by atoms with Gasteiger partial charge >= 0.3 is 17.9 Å². The highest BCUT2D eigenvalue weighted by Crippen LogP contribution is 2.42. The number of rotatable bonds is 29. The lowest BCUT2D eigenvalue weighted by Gasteiger charge is -2.51. The Kier molecular flexibility index (Phi) is 25.9. The molecule has 24 nitrogen and oxygen atoms in total. The largest absolute Gasteiger partial charge is 0.467 e. The number of methoxy groups -OCH3 is 2. The quantitative estimate of drug-likeness (QED) is 0.0139. The summed E-state index contributed by atoms with van der Waals surface area (Å²) >= 11 is 0. The van der Waals surface area contributed by atoms with E-state index in [0.717, 1.165) is 27.8 Å². The van der Waals surface area contributed by atoms with Gasteiger partial charge in [-0.1, -0.05) is 201 Å². The van der Waals surface area contributed by atoms with Crippen LogP contribution in [0.2, 0.25) is 0 Å². The predicted molar refractivity (Wildman–Crippen MR) is 345 cm³/mol. The van der Waals surface area contributed by atoms with E-state index in [2.05, 4.69) is 20.1 Å². The summed E-state index contributed by atoms with van der Waals surface area (Å²) in [5.74, 6) is -3.23. The van der Waals surface area contributed by atoms with Gasteiger partial charge in [0.1, 0.15) is 48.8 Å². The highest BCUT2D eigenvalue weighted by atomic mass is 16.8. The van der Waals surface area contributed by atoms with Crippen molar-refractivity contribution in [2.24, 2.45) is 16.1 Å². The van der Waals surface area contributed by atoms with Gasteiger partial charge in [0.05, 0.1) is 83.3 Å². The third kappa shape index (κ3) is 17.7. The minimum Gasteiger partial charge on any atom is -0.467 e. The lowest BCUT2D eigenvalue weighted by molar-refractivity contribution is -0.371. The maximum absolute atomic E-state index is 14.7. The van der Waals surface area contributed by atoms with Crippen LogP contribution >= 0.6 is 0 Å². The molecule has 0 N–H and O–H groups in total. The van der Waals surface area contributed by atoms with Crippen molar-refractivity contribution in [2.75, 3.05) is 14.2 Å². The monoisotopic (exact) mass is 1320 g/mol. The van der Waals surface area contributed by atoms with Gasteiger partial charge in [0.2, 0.25) is 0 Å². The van der Waals surface area contributed by atoms with Gasteiger partial charge in [0.15, 0.2) is 37.2 Å². The topological polar surface area (TPSA) is 287 Å². The maximum Gasteiger partial charge on any atom is 0.338 e. The second-order valence-electron chi connectivity index (χ2n) is 23.7. The van der Waals surface area contributed by atoms with Gasteiger partial charge in [-0.05, 0) is 76.7 Å². The van der Waals surface area contributed by atoms with Crippen molar-refractivity contribution in [2.45, 2.75) is 190 Å². The number of hydrogen-bond donors (Lipinski definition) is 0. The molecule has 508 valence electrons. The highest BCUT2D eigenvalue weighted by Gasteiger charge is 2.59. The fraction of sp³-hybridized carbons (Fsp3) is 0.458. The van der Waals surface area contributed by atoms with Gasteiger partial charge in [-0.2, -0.15) is 0 Å². The SMILES string of the molecule is CCC1O[C@@H](O[C@H]2C(C(=O)OC)O[C@H](C)C(OC(=O)c3ccccc3)[C@@H]2OCc2ccccc2)[C@@H](N=[N+]=[N-])C(C)[C@@H]1O[C@@H]1OC(C(=O)OC)[C@@H](O[C@H]2OC(CC)[C@H](OCc3ccccc3)[C@@H](OCc3ccccc3)C2N=[N+]=[N-])[C@@H](OCc2ccccc2)C1OCc1ccccc1. The Balaban J connectivity index is 1.00. The number of esters is 3. The molecule has 4 aliphatic heterocycles. The first kappa shape index (κ1) is 70.7. The van der Waals surface area contributed by atoms with E-state index in [0.29, 0.717) is 6.42 Å². The Morgan fingerprint density at radius 1 is 0.406 bits per heavy atom. The number of azide groups is 2. The third-order valence-electron chi connectivity index (χ3n) is 17.5. The highest BCUT2D eigenvalue weighted by molar-refractivity contribution is 5.89. The molecule has 0 spiro atoms. The average Bonchev–Trinajstić information content (AvgIpc) is 0.770. The predicted octanol–water partition coefficient (Wildman–Crippen LogP) is 11.4. The van der Waals surface area contributed by atoms with Crippen LogP contribution in [0.5, 0.6) is 0 Å². The first-order valence-corrected chi connectivity index (χ1v) is 32.3. The van der Waals surface area contributed by atoms with Crippen LogP contribution in [0.3, 0.4) is 0 Å². The number of benzene rings is 6. The summed E-state index contributed by atoms with van der Waals surface area (Å²) in [4.78, 5) is 49.2. The summed E-state index contributed by atoms with van der Waals surface area (Å²) in [7, 11) is 2.41. The molecule has 0 bridgehead atoms. The van der Waals surface area contributed by atoms with Crippen LogP contribution in [0.15, 0.2) is 192 Å². The molecule has 8 unspecified atom stereocenters. The summed E-state index contributed by atoms with van der Waals surface area (Å²) in [5.41, 5.74) is 25.1. The zero-order chi connectivity index (χ0) is 67.3. The molecule has 6 aromatic rings. The van der Waals surface area contributed by atoms with Gasteiger partial charge < -0.3 is 71.1 Å². The van der Waals surface area contributed by atoms with Crippen LogP contribution in [0, 0.1) is 5.92 Å². The van der Waals surface area contributed by atoms with Crippen molar-refractivity contribution >= 4 is 17.9 Å². The number of ether oxygens (including phenoxy) is 15. The Morgan fingerprint density at radius 3 is 1.19 bits per heavy atom. The Morgan fingerprint density at radius 2 is 0.760 bits per heavy atom.